The predicted molar refractivity (Wildman–Crippen MR) is 87.9 cm³/mol. The number of hydrogen-bond acceptors (Lipinski definition) is 3. The summed E-state index contributed by atoms with van der Waals surface area (Å²) in [6.07, 6.45) is 2.87. The number of sulfonamides is 1. The first-order valence-corrected chi connectivity index (χ1v) is 9.32. The summed E-state index contributed by atoms with van der Waals surface area (Å²) in [5.74, 6) is -1.50. The molecule has 1 rings (SSSR count). The predicted octanol–water partition coefficient (Wildman–Crippen LogP) is 2.44. The van der Waals surface area contributed by atoms with Crippen LogP contribution < -0.4 is 10.0 Å². The Hall–Kier alpha value is -1.47. The maximum atomic E-state index is 13.7. The third kappa shape index (κ3) is 5.91. The van der Waals surface area contributed by atoms with Gasteiger partial charge in [0.25, 0.3) is 0 Å². The summed E-state index contributed by atoms with van der Waals surface area (Å²) in [7, 11) is -4.10. The van der Waals surface area contributed by atoms with Gasteiger partial charge in [-0.1, -0.05) is 45.7 Å². The molecule has 5 nitrogen and oxygen atoms in total. The zero-order chi connectivity index (χ0) is 17.5. The molecule has 0 radical (unpaired) electrons. The summed E-state index contributed by atoms with van der Waals surface area (Å²) in [6, 6.07) is 4.15. The van der Waals surface area contributed by atoms with Crippen LogP contribution in [0.1, 0.15) is 40.0 Å². The first kappa shape index (κ1) is 19.6. The molecule has 0 fully saturated rings. The Morgan fingerprint density at radius 3 is 2.43 bits per heavy atom. The van der Waals surface area contributed by atoms with E-state index in [9.17, 15) is 17.6 Å². The van der Waals surface area contributed by atoms with Crippen LogP contribution in [0.4, 0.5) is 4.39 Å². The second-order valence-corrected chi connectivity index (χ2v) is 7.45. The molecular formula is C16H25FN2O3S. The number of halogens is 1. The van der Waals surface area contributed by atoms with Gasteiger partial charge in [-0.15, -0.1) is 0 Å². The van der Waals surface area contributed by atoms with E-state index in [1.54, 1.807) is 13.8 Å². The Morgan fingerprint density at radius 1 is 1.22 bits per heavy atom. The number of amides is 1. The SMILES string of the molecule is CCCCCNC(=O)[C@@H](NS(=O)(=O)c1ccccc1F)C(C)C. The molecule has 1 amide bonds. The van der Waals surface area contributed by atoms with Crippen molar-refractivity contribution in [3.8, 4) is 0 Å². The van der Waals surface area contributed by atoms with E-state index < -0.39 is 32.7 Å². The summed E-state index contributed by atoms with van der Waals surface area (Å²) in [4.78, 5) is 11.8. The highest BCUT2D eigenvalue weighted by atomic mass is 32.2. The van der Waals surface area contributed by atoms with Crippen LogP contribution in [0.15, 0.2) is 29.2 Å². The van der Waals surface area contributed by atoms with Gasteiger partial charge in [0.05, 0.1) is 0 Å². The van der Waals surface area contributed by atoms with E-state index in [1.807, 2.05) is 0 Å². The highest BCUT2D eigenvalue weighted by molar-refractivity contribution is 7.89. The van der Waals surface area contributed by atoms with Crippen molar-refractivity contribution in [1.29, 1.82) is 0 Å². The van der Waals surface area contributed by atoms with E-state index in [4.69, 9.17) is 0 Å². The van der Waals surface area contributed by atoms with Crippen molar-refractivity contribution in [2.45, 2.75) is 51.0 Å². The van der Waals surface area contributed by atoms with Crippen molar-refractivity contribution in [2.24, 2.45) is 5.92 Å². The lowest BCUT2D eigenvalue weighted by Crippen LogP contribution is -2.49. The normalized spacial score (nSPS) is 13.1. The minimum absolute atomic E-state index is 0.261. The van der Waals surface area contributed by atoms with Crippen molar-refractivity contribution >= 4 is 15.9 Å². The molecule has 0 spiro atoms. The van der Waals surface area contributed by atoms with E-state index in [1.165, 1.54) is 18.2 Å². The Bertz CT molecular complexity index is 618. The molecule has 130 valence electrons. The summed E-state index contributed by atoms with van der Waals surface area (Å²) in [6.45, 7) is 6.03. The van der Waals surface area contributed by atoms with Gasteiger partial charge in [0.1, 0.15) is 16.8 Å². The van der Waals surface area contributed by atoms with Gasteiger partial charge in [0, 0.05) is 6.54 Å². The fourth-order valence-corrected chi connectivity index (χ4v) is 3.51. The number of carbonyl (C=O) groups is 1. The Balaban J connectivity index is 2.83. The molecule has 0 bridgehead atoms. The quantitative estimate of drug-likeness (QED) is 0.676. The van der Waals surface area contributed by atoms with Gasteiger partial charge in [-0.3, -0.25) is 4.79 Å². The lowest BCUT2D eigenvalue weighted by Gasteiger charge is -2.21. The maximum Gasteiger partial charge on any atom is 0.244 e. The van der Waals surface area contributed by atoms with Crippen LogP contribution in [0, 0.1) is 11.7 Å². The van der Waals surface area contributed by atoms with Crippen molar-refractivity contribution in [2.75, 3.05) is 6.54 Å². The van der Waals surface area contributed by atoms with Gasteiger partial charge in [-0.2, -0.15) is 4.72 Å². The lowest BCUT2D eigenvalue weighted by atomic mass is 10.1. The summed E-state index contributed by atoms with van der Waals surface area (Å²) in [5, 5.41) is 2.73. The second kappa shape index (κ2) is 8.98. The third-order valence-corrected chi connectivity index (χ3v) is 4.91. The average molecular weight is 344 g/mol. The zero-order valence-corrected chi connectivity index (χ0v) is 14.6. The van der Waals surface area contributed by atoms with Crippen LogP contribution in [0.25, 0.3) is 0 Å². The van der Waals surface area contributed by atoms with E-state index in [-0.39, 0.29) is 5.92 Å². The van der Waals surface area contributed by atoms with Gasteiger partial charge >= 0.3 is 0 Å². The van der Waals surface area contributed by atoms with Crippen LogP contribution in [0.3, 0.4) is 0 Å². The molecule has 0 aliphatic carbocycles. The van der Waals surface area contributed by atoms with Crippen molar-refractivity contribution in [1.82, 2.24) is 10.0 Å². The van der Waals surface area contributed by atoms with E-state index >= 15 is 0 Å². The summed E-state index contributed by atoms with van der Waals surface area (Å²) < 4.78 is 40.7. The monoisotopic (exact) mass is 344 g/mol. The fourth-order valence-electron chi connectivity index (χ4n) is 2.08. The van der Waals surface area contributed by atoms with Gasteiger partial charge in [0.15, 0.2) is 0 Å². The van der Waals surface area contributed by atoms with Crippen LogP contribution in [0.2, 0.25) is 0 Å². The molecule has 0 heterocycles. The smallest absolute Gasteiger partial charge is 0.244 e. The Labute approximate surface area is 137 Å². The summed E-state index contributed by atoms with van der Waals surface area (Å²) in [5.41, 5.74) is 0. The highest BCUT2D eigenvalue weighted by Gasteiger charge is 2.29. The molecule has 1 aromatic rings. The molecule has 2 N–H and O–H groups in total. The van der Waals surface area contributed by atoms with Gasteiger partial charge < -0.3 is 5.32 Å². The topological polar surface area (TPSA) is 75.3 Å². The van der Waals surface area contributed by atoms with Gasteiger partial charge in [0.2, 0.25) is 15.9 Å². The molecule has 1 aromatic carbocycles. The van der Waals surface area contributed by atoms with Gasteiger partial charge in [-0.05, 0) is 24.5 Å². The van der Waals surface area contributed by atoms with E-state index in [0.717, 1.165) is 25.3 Å². The number of carbonyl (C=O) groups excluding carboxylic acids is 1. The van der Waals surface area contributed by atoms with Crippen LogP contribution in [0.5, 0.6) is 0 Å². The minimum Gasteiger partial charge on any atom is -0.355 e. The second-order valence-electron chi connectivity index (χ2n) is 5.77. The Morgan fingerprint density at radius 2 is 1.87 bits per heavy atom. The highest BCUT2D eigenvalue weighted by Crippen LogP contribution is 2.15. The number of unbranched alkanes of at least 4 members (excludes halogenated alkanes) is 2. The first-order valence-electron chi connectivity index (χ1n) is 7.84. The molecule has 23 heavy (non-hydrogen) atoms. The van der Waals surface area contributed by atoms with Crippen LogP contribution >= 0.6 is 0 Å². The van der Waals surface area contributed by atoms with Crippen molar-refractivity contribution < 1.29 is 17.6 Å². The molecule has 0 unspecified atom stereocenters. The van der Waals surface area contributed by atoms with Gasteiger partial charge in [-0.25, -0.2) is 12.8 Å². The largest absolute Gasteiger partial charge is 0.355 e. The summed E-state index contributed by atoms with van der Waals surface area (Å²) >= 11 is 0. The van der Waals surface area contributed by atoms with Crippen molar-refractivity contribution in [3.63, 3.8) is 0 Å². The zero-order valence-electron chi connectivity index (χ0n) is 13.8. The number of nitrogens with one attached hydrogen (secondary N) is 2. The van der Waals surface area contributed by atoms with Crippen LogP contribution in [-0.2, 0) is 14.8 Å². The maximum absolute atomic E-state index is 13.7. The molecular weight excluding hydrogens is 319 g/mol. The minimum atomic E-state index is -4.10. The van der Waals surface area contributed by atoms with E-state index in [0.29, 0.717) is 6.54 Å². The lowest BCUT2D eigenvalue weighted by molar-refractivity contribution is -0.123. The molecule has 0 saturated carbocycles. The molecule has 0 aliphatic rings. The average Bonchev–Trinajstić information content (AvgIpc) is 2.49. The molecule has 1 atom stereocenters. The molecule has 0 aromatic heterocycles. The molecule has 0 aliphatic heterocycles. The van der Waals surface area contributed by atoms with Crippen molar-refractivity contribution in [3.05, 3.63) is 30.1 Å². The van der Waals surface area contributed by atoms with Crippen LogP contribution in [-0.4, -0.2) is 26.9 Å². The molecule has 7 heteroatoms. The molecule has 0 saturated heterocycles. The standard InChI is InChI=1S/C16H25FN2O3S/c1-4-5-8-11-18-16(20)15(12(2)3)19-23(21,22)14-10-7-6-9-13(14)17/h6-7,9-10,12,15,19H,4-5,8,11H2,1-3H3,(H,18,20)/t15-/m0/s1. The third-order valence-electron chi connectivity index (χ3n) is 3.44. The Kier molecular flexibility index (Phi) is 7.64. The fraction of sp³-hybridized carbons (Fsp3) is 0.562. The number of rotatable bonds is 9. The van der Waals surface area contributed by atoms with E-state index in [2.05, 4.69) is 17.0 Å². The number of hydrogen-bond donors (Lipinski definition) is 2. The number of benzene rings is 1. The first-order chi connectivity index (χ1) is 10.8.